The van der Waals surface area contributed by atoms with Gasteiger partial charge in [-0.2, -0.15) is 0 Å². The Hall–Kier alpha value is -1.14. The maximum atomic E-state index is 12.4. The molecule has 2 N–H and O–H groups in total. The van der Waals surface area contributed by atoms with E-state index in [2.05, 4.69) is 12.2 Å². The van der Waals surface area contributed by atoms with Gasteiger partial charge in [-0.1, -0.05) is 6.92 Å². The second-order valence-electron chi connectivity index (χ2n) is 6.01. The van der Waals surface area contributed by atoms with Gasteiger partial charge in [-0.3, -0.25) is 0 Å². The molecule has 0 aliphatic heterocycles. The summed E-state index contributed by atoms with van der Waals surface area (Å²) in [5, 5.41) is 13.1. The fraction of sp³-hybridized carbons (Fsp3) is 0.750. The van der Waals surface area contributed by atoms with Crippen molar-refractivity contribution in [1.82, 2.24) is 15.2 Å². The van der Waals surface area contributed by atoms with Crippen molar-refractivity contribution in [3.8, 4) is 0 Å². The van der Waals surface area contributed by atoms with E-state index in [0.29, 0.717) is 6.42 Å². The largest absolute Gasteiger partial charge is 0.396 e. The van der Waals surface area contributed by atoms with Crippen LogP contribution in [0.15, 0.2) is 0 Å². The Morgan fingerprint density at radius 1 is 1.59 bits per heavy atom. The number of aliphatic hydroxyl groups is 1. The third kappa shape index (κ3) is 3.98. The van der Waals surface area contributed by atoms with Crippen LogP contribution in [0.3, 0.4) is 0 Å². The van der Waals surface area contributed by atoms with Crippen molar-refractivity contribution >= 4 is 17.4 Å². The summed E-state index contributed by atoms with van der Waals surface area (Å²) in [4.78, 5) is 20.2. The number of hydrogen-bond donors (Lipinski definition) is 2. The molecule has 0 radical (unpaired) electrons. The third-order valence-corrected chi connectivity index (χ3v) is 5.56. The first-order valence-electron chi connectivity index (χ1n) is 8.19. The van der Waals surface area contributed by atoms with Gasteiger partial charge in [-0.25, -0.2) is 9.78 Å². The van der Waals surface area contributed by atoms with E-state index in [1.54, 1.807) is 11.3 Å². The van der Waals surface area contributed by atoms with E-state index in [1.807, 2.05) is 18.9 Å². The Morgan fingerprint density at radius 3 is 3.05 bits per heavy atom. The summed E-state index contributed by atoms with van der Waals surface area (Å²) >= 11 is 1.76. The number of fused-ring (bicyclic) bond motifs is 1. The molecular weight excluding hydrogens is 298 g/mol. The fourth-order valence-electron chi connectivity index (χ4n) is 2.89. The number of nitrogens with zero attached hydrogens (tertiary/aromatic N) is 2. The molecule has 1 aliphatic carbocycles. The topological polar surface area (TPSA) is 65.5 Å². The van der Waals surface area contributed by atoms with Gasteiger partial charge in [0.25, 0.3) is 0 Å². The number of carbonyl (C=O) groups excluding carboxylic acids is 1. The minimum Gasteiger partial charge on any atom is -0.396 e. The van der Waals surface area contributed by atoms with Crippen molar-refractivity contribution in [3.05, 3.63) is 15.6 Å². The van der Waals surface area contributed by atoms with E-state index in [1.165, 1.54) is 15.6 Å². The third-order valence-electron chi connectivity index (χ3n) is 4.22. The molecule has 1 heterocycles. The molecule has 1 aliphatic rings. The van der Waals surface area contributed by atoms with E-state index < -0.39 is 0 Å². The summed E-state index contributed by atoms with van der Waals surface area (Å²) in [5.41, 5.74) is 1.19. The van der Waals surface area contributed by atoms with Gasteiger partial charge in [-0.05, 0) is 45.4 Å². The first-order valence-corrected chi connectivity index (χ1v) is 9.01. The fourth-order valence-corrected chi connectivity index (χ4v) is 4.12. The number of aliphatic hydroxyl groups excluding tert-OH is 1. The van der Waals surface area contributed by atoms with Crippen LogP contribution in [0, 0.1) is 0 Å². The van der Waals surface area contributed by atoms with Crippen LogP contribution in [0.2, 0.25) is 0 Å². The first kappa shape index (κ1) is 17.2. The lowest BCUT2D eigenvalue weighted by Gasteiger charge is -2.31. The highest BCUT2D eigenvalue weighted by molar-refractivity contribution is 7.11. The monoisotopic (exact) mass is 325 g/mol. The van der Waals surface area contributed by atoms with Gasteiger partial charge < -0.3 is 15.3 Å². The van der Waals surface area contributed by atoms with Gasteiger partial charge in [0.15, 0.2) is 0 Å². The predicted octanol–water partition coefficient (Wildman–Crippen LogP) is 2.89. The van der Waals surface area contributed by atoms with Crippen molar-refractivity contribution in [3.63, 3.8) is 0 Å². The molecule has 0 saturated carbocycles. The van der Waals surface area contributed by atoms with E-state index >= 15 is 0 Å². The van der Waals surface area contributed by atoms with Gasteiger partial charge in [0, 0.05) is 19.7 Å². The molecule has 1 aromatic rings. The Kier molecular flexibility index (Phi) is 6.20. The van der Waals surface area contributed by atoms with Gasteiger partial charge >= 0.3 is 6.03 Å². The molecule has 1 aromatic heterocycles. The van der Waals surface area contributed by atoms with Gasteiger partial charge in [0.1, 0.15) is 0 Å². The van der Waals surface area contributed by atoms with Crippen LogP contribution in [-0.4, -0.2) is 40.7 Å². The summed E-state index contributed by atoms with van der Waals surface area (Å²) in [5.74, 6) is 0. The highest BCUT2D eigenvalue weighted by atomic mass is 32.1. The summed E-state index contributed by atoms with van der Waals surface area (Å²) in [7, 11) is 1.87. The number of aryl methyl sites for hydroxylation is 2. The zero-order valence-corrected chi connectivity index (χ0v) is 14.6. The van der Waals surface area contributed by atoms with Gasteiger partial charge in [0.05, 0.1) is 21.6 Å². The number of thiazole rings is 1. The lowest BCUT2D eigenvalue weighted by atomic mass is 9.97. The molecule has 6 heteroatoms. The molecule has 0 bridgehead atoms. The highest BCUT2D eigenvalue weighted by Crippen LogP contribution is 2.37. The lowest BCUT2D eigenvalue weighted by molar-refractivity contribution is 0.180. The smallest absolute Gasteiger partial charge is 0.317 e. The molecule has 2 unspecified atom stereocenters. The van der Waals surface area contributed by atoms with Crippen molar-refractivity contribution in [2.75, 3.05) is 13.7 Å². The zero-order chi connectivity index (χ0) is 16.1. The number of rotatable bonds is 6. The minimum absolute atomic E-state index is 0.0326. The predicted molar refractivity (Wildman–Crippen MR) is 89.2 cm³/mol. The number of carbonyl (C=O) groups is 1. The van der Waals surface area contributed by atoms with Crippen LogP contribution in [0.25, 0.3) is 0 Å². The summed E-state index contributed by atoms with van der Waals surface area (Å²) in [6.07, 6.45) is 5.60. The second kappa shape index (κ2) is 7.92. The number of aromatic nitrogens is 1. The van der Waals surface area contributed by atoms with Crippen molar-refractivity contribution in [2.45, 2.75) is 64.5 Å². The quantitative estimate of drug-likeness (QED) is 0.845. The molecule has 0 saturated heterocycles. The van der Waals surface area contributed by atoms with Crippen molar-refractivity contribution in [2.24, 2.45) is 0 Å². The maximum Gasteiger partial charge on any atom is 0.317 e. The average Bonchev–Trinajstić information content (AvgIpc) is 2.95. The highest BCUT2D eigenvalue weighted by Gasteiger charge is 2.30. The number of hydrogen-bond acceptors (Lipinski definition) is 4. The molecule has 0 fully saturated rings. The normalized spacial score (nSPS) is 18.6. The number of urea groups is 1. The summed E-state index contributed by atoms with van der Waals surface area (Å²) in [6, 6.07) is 0.194. The molecule has 0 spiro atoms. The molecule has 124 valence electrons. The van der Waals surface area contributed by atoms with Gasteiger partial charge in [-0.15, -0.1) is 11.3 Å². The molecular formula is C16H27N3O2S. The van der Waals surface area contributed by atoms with E-state index in [-0.39, 0.29) is 24.7 Å². The van der Waals surface area contributed by atoms with E-state index in [9.17, 15) is 4.79 Å². The Bertz CT molecular complexity index is 504. The molecule has 5 nitrogen and oxygen atoms in total. The van der Waals surface area contributed by atoms with E-state index in [4.69, 9.17) is 10.1 Å². The molecule has 0 aromatic carbocycles. The second-order valence-corrected chi connectivity index (χ2v) is 7.12. The first-order chi connectivity index (χ1) is 10.6. The van der Waals surface area contributed by atoms with Crippen molar-refractivity contribution in [1.29, 1.82) is 0 Å². The minimum atomic E-state index is -0.0326. The lowest BCUT2D eigenvalue weighted by Crippen LogP contribution is -2.44. The van der Waals surface area contributed by atoms with Crippen LogP contribution >= 0.6 is 11.3 Å². The Labute approximate surface area is 136 Å². The number of nitrogens with one attached hydrogen (secondary N) is 1. The van der Waals surface area contributed by atoms with Crippen LogP contribution in [0.1, 0.15) is 61.2 Å². The average molecular weight is 325 g/mol. The summed E-state index contributed by atoms with van der Waals surface area (Å²) < 4.78 is 0. The summed E-state index contributed by atoms with van der Waals surface area (Å²) in [6.45, 7) is 4.27. The molecule has 2 rings (SSSR count). The molecule has 2 amide bonds. The van der Waals surface area contributed by atoms with Gasteiger partial charge in [0.2, 0.25) is 0 Å². The molecule has 22 heavy (non-hydrogen) atoms. The standard InChI is InChI=1S/C16H27N3O2S/c1-4-14-18-12-8-5-9-13(15(12)22-14)19(3)16(21)17-11(2)7-6-10-20/h11,13,20H,4-10H2,1-3H3,(H,17,21). The van der Waals surface area contributed by atoms with Crippen LogP contribution in [0.4, 0.5) is 4.79 Å². The van der Waals surface area contributed by atoms with Crippen LogP contribution < -0.4 is 5.32 Å². The Morgan fingerprint density at radius 2 is 2.36 bits per heavy atom. The van der Waals surface area contributed by atoms with Crippen LogP contribution in [0.5, 0.6) is 0 Å². The maximum absolute atomic E-state index is 12.4. The zero-order valence-electron chi connectivity index (χ0n) is 13.8. The van der Waals surface area contributed by atoms with Crippen LogP contribution in [-0.2, 0) is 12.8 Å². The SMILES string of the molecule is CCc1nc2c(s1)C(N(C)C(=O)NC(C)CCCO)CCC2. The Balaban J connectivity index is 2.02. The number of amides is 2. The van der Waals surface area contributed by atoms with Crippen molar-refractivity contribution < 1.29 is 9.90 Å². The van der Waals surface area contributed by atoms with E-state index in [0.717, 1.165) is 32.1 Å². The molecule has 2 atom stereocenters.